The second kappa shape index (κ2) is 10.5. The summed E-state index contributed by atoms with van der Waals surface area (Å²) < 4.78 is 7.93. The average molecular weight is 538 g/mol. The van der Waals surface area contributed by atoms with Gasteiger partial charge in [-0.15, -0.1) is 0 Å². The van der Waals surface area contributed by atoms with Crippen LogP contribution in [0.4, 0.5) is 11.4 Å². The summed E-state index contributed by atoms with van der Waals surface area (Å²) in [6.45, 7) is 12.2. The minimum Gasteiger partial charge on any atom is -0.378 e. The van der Waals surface area contributed by atoms with E-state index in [0.29, 0.717) is 5.11 Å². The Morgan fingerprint density at radius 1 is 0.897 bits per heavy atom. The first-order valence-electron chi connectivity index (χ1n) is 13.6. The largest absolute Gasteiger partial charge is 0.378 e. The summed E-state index contributed by atoms with van der Waals surface area (Å²) in [6, 6.07) is 23.6. The molecular formula is C32H35N5OS. The van der Waals surface area contributed by atoms with Crippen LogP contribution in [0, 0.1) is 27.7 Å². The molecule has 39 heavy (non-hydrogen) atoms. The van der Waals surface area contributed by atoms with Crippen molar-refractivity contribution in [2.24, 2.45) is 0 Å². The van der Waals surface area contributed by atoms with E-state index in [1.807, 2.05) is 18.3 Å². The molecule has 0 aliphatic carbocycles. The molecule has 200 valence electrons. The maximum atomic E-state index is 6.00. The molecule has 4 heterocycles. The Morgan fingerprint density at radius 2 is 1.64 bits per heavy atom. The summed E-state index contributed by atoms with van der Waals surface area (Å²) in [5, 5.41) is 4.33. The van der Waals surface area contributed by atoms with Gasteiger partial charge in [-0.1, -0.05) is 18.2 Å². The standard InChI is InChI=1S/C32H35N5OS/c1-21-8-7-10-29(23(21)3)36-22(2)20-27(24(36)4)31-30(28-9-5-6-15-33-28)34-32(39)37(31)26-13-11-25(12-14-26)35-16-18-38-19-17-35/h5-15,20,30-31H,16-19H2,1-4H3,(H,34,39). The van der Waals surface area contributed by atoms with Crippen molar-refractivity contribution in [1.82, 2.24) is 14.9 Å². The highest BCUT2D eigenvalue weighted by molar-refractivity contribution is 7.80. The fourth-order valence-corrected chi connectivity index (χ4v) is 6.38. The Hall–Kier alpha value is -3.68. The number of ether oxygens (including phenoxy) is 1. The molecule has 0 radical (unpaired) electrons. The summed E-state index contributed by atoms with van der Waals surface area (Å²) in [7, 11) is 0. The maximum absolute atomic E-state index is 6.00. The van der Waals surface area contributed by atoms with E-state index in [4.69, 9.17) is 21.9 Å². The minimum absolute atomic E-state index is 0.0494. The van der Waals surface area contributed by atoms with Crippen molar-refractivity contribution >= 4 is 28.7 Å². The van der Waals surface area contributed by atoms with Gasteiger partial charge in [-0.3, -0.25) is 4.98 Å². The second-order valence-electron chi connectivity index (χ2n) is 10.5. The first-order valence-corrected chi connectivity index (χ1v) is 14.0. The molecule has 0 spiro atoms. The van der Waals surface area contributed by atoms with Gasteiger partial charge in [0.05, 0.1) is 31.0 Å². The Morgan fingerprint density at radius 3 is 2.36 bits per heavy atom. The van der Waals surface area contributed by atoms with Crippen LogP contribution >= 0.6 is 12.2 Å². The van der Waals surface area contributed by atoms with E-state index in [-0.39, 0.29) is 12.1 Å². The van der Waals surface area contributed by atoms with Crippen LogP contribution in [-0.2, 0) is 4.74 Å². The monoisotopic (exact) mass is 537 g/mol. The lowest BCUT2D eigenvalue weighted by molar-refractivity contribution is 0.122. The second-order valence-corrected chi connectivity index (χ2v) is 10.9. The number of nitrogens with zero attached hydrogens (tertiary/aromatic N) is 4. The van der Waals surface area contributed by atoms with Gasteiger partial charge >= 0.3 is 0 Å². The molecule has 6 rings (SSSR count). The fraction of sp³-hybridized carbons (Fsp3) is 0.312. The highest BCUT2D eigenvalue weighted by Gasteiger charge is 2.42. The van der Waals surface area contributed by atoms with Crippen LogP contribution in [0.1, 0.15) is 45.9 Å². The number of rotatable bonds is 5. The minimum atomic E-state index is -0.0785. The number of benzene rings is 2. The van der Waals surface area contributed by atoms with Gasteiger partial charge in [-0.2, -0.15) is 0 Å². The Kier molecular flexibility index (Phi) is 6.87. The number of thiocarbonyl (C=S) groups is 1. The van der Waals surface area contributed by atoms with Crippen molar-refractivity contribution in [2.75, 3.05) is 36.1 Å². The average Bonchev–Trinajstić information content (AvgIpc) is 3.46. The molecule has 2 aromatic carbocycles. The normalized spacial score (nSPS) is 19.4. The third kappa shape index (κ3) is 4.60. The first kappa shape index (κ1) is 25.6. The van der Waals surface area contributed by atoms with Crippen LogP contribution in [-0.4, -0.2) is 41.0 Å². The van der Waals surface area contributed by atoms with E-state index in [1.165, 1.54) is 39.5 Å². The molecule has 2 saturated heterocycles. The molecule has 2 atom stereocenters. The number of aromatic nitrogens is 2. The number of nitrogens with one attached hydrogen (secondary N) is 1. The van der Waals surface area contributed by atoms with E-state index in [0.717, 1.165) is 37.7 Å². The topological polar surface area (TPSA) is 45.6 Å². The molecule has 0 saturated carbocycles. The lowest BCUT2D eigenvalue weighted by Crippen LogP contribution is -2.36. The van der Waals surface area contributed by atoms with Crippen LogP contribution in [0.15, 0.2) is 72.9 Å². The summed E-state index contributed by atoms with van der Waals surface area (Å²) >= 11 is 6.00. The summed E-state index contributed by atoms with van der Waals surface area (Å²) in [5.74, 6) is 0. The van der Waals surface area contributed by atoms with Gasteiger partial charge in [0, 0.05) is 47.7 Å². The number of pyridine rings is 1. The third-order valence-electron chi connectivity index (χ3n) is 8.21. The molecule has 7 heteroatoms. The van der Waals surface area contributed by atoms with E-state index in [2.05, 4.69) is 102 Å². The van der Waals surface area contributed by atoms with E-state index in [1.54, 1.807) is 0 Å². The molecule has 2 aliphatic heterocycles. The van der Waals surface area contributed by atoms with Gasteiger partial charge in [0.2, 0.25) is 0 Å². The van der Waals surface area contributed by atoms with Crippen LogP contribution in [0.3, 0.4) is 0 Å². The van der Waals surface area contributed by atoms with Crippen molar-refractivity contribution in [3.8, 4) is 5.69 Å². The molecule has 6 nitrogen and oxygen atoms in total. The smallest absolute Gasteiger partial charge is 0.174 e. The molecule has 0 amide bonds. The molecule has 2 unspecified atom stereocenters. The summed E-state index contributed by atoms with van der Waals surface area (Å²) in [6.07, 6.45) is 1.86. The van der Waals surface area contributed by atoms with Gasteiger partial charge in [0.25, 0.3) is 0 Å². The van der Waals surface area contributed by atoms with E-state index in [9.17, 15) is 0 Å². The number of morpholine rings is 1. The molecular weight excluding hydrogens is 502 g/mol. The van der Waals surface area contributed by atoms with Crippen molar-refractivity contribution in [3.63, 3.8) is 0 Å². The van der Waals surface area contributed by atoms with Gasteiger partial charge in [-0.25, -0.2) is 0 Å². The zero-order chi connectivity index (χ0) is 27.1. The molecule has 2 fully saturated rings. The van der Waals surface area contributed by atoms with Crippen LogP contribution in [0.5, 0.6) is 0 Å². The van der Waals surface area contributed by atoms with Crippen molar-refractivity contribution in [3.05, 3.63) is 107 Å². The van der Waals surface area contributed by atoms with Gasteiger partial charge < -0.3 is 24.4 Å². The zero-order valence-corrected chi connectivity index (χ0v) is 23.8. The van der Waals surface area contributed by atoms with Crippen LogP contribution in [0.25, 0.3) is 5.69 Å². The highest BCUT2D eigenvalue weighted by Crippen LogP contribution is 2.44. The molecule has 0 bridgehead atoms. The third-order valence-corrected chi connectivity index (χ3v) is 8.52. The van der Waals surface area contributed by atoms with Crippen LogP contribution in [0.2, 0.25) is 0 Å². The highest BCUT2D eigenvalue weighted by atomic mass is 32.1. The molecule has 4 aromatic rings. The number of hydrogen-bond donors (Lipinski definition) is 1. The molecule has 1 N–H and O–H groups in total. The molecule has 2 aromatic heterocycles. The number of hydrogen-bond acceptors (Lipinski definition) is 4. The quantitative estimate of drug-likeness (QED) is 0.310. The predicted octanol–water partition coefficient (Wildman–Crippen LogP) is 6.12. The number of aryl methyl sites for hydroxylation is 2. The summed E-state index contributed by atoms with van der Waals surface area (Å²) in [5.41, 5.74) is 10.7. The zero-order valence-electron chi connectivity index (χ0n) is 23.0. The lowest BCUT2D eigenvalue weighted by Gasteiger charge is -2.31. The van der Waals surface area contributed by atoms with E-state index < -0.39 is 0 Å². The van der Waals surface area contributed by atoms with Crippen LogP contribution < -0.4 is 15.1 Å². The maximum Gasteiger partial charge on any atom is 0.174 e. The Balaban J connectivity index is 1.45. The first-order chi connectivity index (χ1) is 18.9. The van der Waals surface area contributed by atoms with Crippen molar-refractivity contribution in [1.29, 1.82) is 0 Å². The predicted molar refractivity (Wildman–Crippen MR) is 162 cm³/mol. The SMILES string of the molecule is Cc1cccc(-n2c(C)cc(C3C(c4ccccn4)NC(=S)N3c3ccc(N4CCOCC4)cc3)c2C)c1C. The Bertz CT molecular complexity index is 1490. The van der Waals surface area contributed by atoms with Gasteiger partial charge in [-0.05, 0) is 105 Å². The number of anilines is 2. The fourth-order valence-electron chi connectivity index (χ4n) is 6.03. The Labute approximate surface area is 236 Å². The summed E-state index contributed by atoms with van der Waals surface area (Å²) in [4.78, 5) is 9.39. The van der Waals surface area contributed by atoms with Gasteiger partial charge in [0.15, 0.2) is 5.11 Å². The van der Waals surface area contributed by atoms with Gasteiger partial charge in [0.1, 0.15) is 0 Å². The van der Waals surface area contributed by atoms with Crippen molar-refractivity contribution in [2.45, 2.75) is 39.8 Å². The van der Waals surface area contributed by atoms with E-state index >= 15 is 0 Å². The lowest BCUT2D eigenvalue weighted by atomic mass is 9.96. The molecule has 2 aliphatic rings. The van der Waals surface area contributed by atoms with Crippen molar-refractivity contribution < 1.29 is 4.74 Å².